The molecule has 2 unspecified atom stereocenters. The summed E-state index contributed by atoms with van der Waals surface area (Å²) in [4.78, 5) is 0. The lowest BCUT2D eigenvalue weighted by molar-refractivity contribution is 0.0863. The topological polar surface area (TPSA) is 33.3 Å². The molecule has 3 nitrogen and oxygen atoms in total. The van der Waals surface area contributed by atoms with Crippen molar-refractivity contribution in [2.45, 2.75) is 44.8 Å². The lowest BCUT2D eigenvalue weighted by Crippen LogP contribution is -2.42. The van der Waals surface area contributed by atoms with E-state index < -0.39 is 0 Å². The van der Waals surface area contributed by atoms with Crippen LogP contribution in [0, 0.1) is 5.92 Å². The number of nitrogens with one attached hydrogen (secondary N) is 2. The Hall–Kier alpha value is -0.120. The Labute approximate surface area is 93.0 Å². The Morgan fingerprint density at radius 3 is 2.80 bits per heavy atom. The van der Waals surface area contributed by atoms with Crippen LogP contribution in [-0.2, 0) is 4.74 Å². The third kappa shape index (κ3) is 3.16. The van der Waals surface area contributed by atoms with E-state index in [1.165, 1.54) is 38.8 Å². The van der Waals surface area contributed by atoms with Gasteiger partial charge in [0.2, 0.25) is 0 Å². The lowest BCUT2D eigenvalue weighted by Gasteiger charge is -2.26. The molecule has 0 aromatic heterocycles. The zero-order valence-electron chi connectivity index (χ0n) is 9.80. The predicted molar refractivity (Wildman–Crippen MR) is 62.0 cm³/mol. The number of piperidine rings is 1. The van der Waals surface area contributed by atoms with Gasteiger partial charge in [-0.2, -0.15) is 0 Å². The number of hydrogen-bond acceptors (Lipinski definition) is 3. The highest BCUT2D eigenvalue weighted by Gasteiger charge is 2.27. The fourth-order valence-electron chi connectivity index (χ4n) is 2.72. The molecule has 2 N–H and O–H groups in total. The van der Waals surface area contributed by atoms with E-state index in [4.69, 9.17) is 4.74 Å². The van der Waals surface area contributed by atoms with Gasteiger partial charge in [-0.25, -0.2) is 0 Å². The number of rotatable bonds is 4. The fraction of sp³-hybridized carbons (Fsp3) is 1.00. The van der Waals surface area contributed by atoms with Crippen molar-refractivity contribution >= 4 is 0 Å². The third-order valence-corrected chi connectivity index (χ3v) is 3.76. The molecule has 0 radical (unpaired) electrons. The van der Waals surface area contributed by atoms with Crippen LogP contribution in [0.5, 0.6) is 0 Å². The maximum absolute atomic E-state index is 5.70. The number of hydrogen-bond donors (Lipinski definition) is 2. The van der Waals surface area contributed by atoms with Crippen LogP contribution in [-0.4, -0.2) is 38.4 Å². The molecule has 88 valence electrons. The van der Waals surface area contributed by atoms with Gasteiger partial charge in [-0.05, 0) is 44.7 Å². The minimum Gasteiger partial charge on any atom is -0.378 e. The van der Waals surface area contributed by atoms with Gasteiger partial charge >= 0.3 is 0 Å². The molecule has 3 heteroatoms. The van der Waals surface area contributed by atoms with Crippen LogP contribution in [0.15, 0.2) is 0 Å². The molecule has 0 aromatic rings. The Balaban J connectivity index is 1.67. The van der Waals surface area contributed by atoms with Crippen LogP contribution in [0.2, 0.25) is 0 Å². The summed E-state index contributed by atoms with van der Waals surface area (Å²) in [6, 6.07) is 0.740. The van der Waals surface area contributed by atoms with Gasteiger partial charge in [-0.3, -0.25) is 0 Å². The minimum absolute atomic E-state index is 0.513. The van der Waals surface area contributed by atoms with Crippen molar-refractivity contribution in [3.8, 4) is 0 Å². The van der Waals surface area contributed by atoms with Crippen molar-refractivity contribution in [1.82, 2.24) is 10.6 Å². The van der Waals surface area contributed by atoms with E-state index in [9.17, 15) is 0 Å². The quantitative estimate of drug-likeness (QED) is 0.733. The van der Waals surface area contributed by atoms with Crippen LogP contribution in [0.4, 0.5) is 0 Å². The van der Waals surface area contributed by atoms with Crippen molar-refractivity contribution in [1.29, 1.82) is 0 Å². The summed E-state index contributed by atoms with van der Waals surface area (Å²) in [5, 5.41) is 7.11. The second kappa shape index (κ2) is 5.83. The molecule has 2 aliphatic rings. The summed E-state index contributed by atoms with van der Waals surface area (Å²) in [5.41, 5.74) is 0. The van der Waals surface area contributed by atoms with Crippen LogP contribution in [0.25, 0.3) is 0 Å². The van der Waals surface area contributed by atoms with E-state index in [1.54, 1.807) is 0 Å². The maximum Gasteiger partial charge on any atom is 0.0613 e. The van der Waals surface area contributed by atoms with E-state index in [2.05, 4.69) is 17.6 Å². The maximum atomic E-state index is 5.70. The lowest BCUT2D eigenvalue weighted by atomic mass is 9.98. The monoisotopic (exact) mass is 212 g/mol. The first-order valence-electron chi connectivity index (χ1n) is 6.46. The van der Waals surface area contributed by atoms with Crippen LogP contribution >= 0.6 is 0 Å². The molecule has 0 saturated carbocycles. The van der Waals surface area contributed by atoms with Gasteiger partial charge < -0.3 is 15.4 Å². The Bertz CT molecular complexity index is 180. The van der Waals surface area contributed by atoms with E-state index in [0.29, 0.717) is 6.10 Å². The summed E-state index contributed by atoms with van der Waals surface area (Å²) in [6.07, 6.45) is 5.49. The van der Waals surface area contributed by atoms with E-state index in [0.717, 1.165) is 25.1 Å². The summed E-state index contributed by atoms with van der Waals surface area (Å²) < 4.78 is 5.70. The molecule has 0 aliphatic carbocycles. The molecular weight excluding hydrogens is 188 g/mol. The highest BCUT2D eigenvalue weighted by molar-refractivity contribution is 4.80. The molecule has 2 rings (SSSR count). The fourth-order valence-corrected chi connectivity index (χ4v) is 2.72. The second-order valence-electron chi connectivity index (χ2n) is 4.80. The second-order valence-corrected chi connectivity index (χ2v) is 4.80. The van der Waals surface area contributed by atoms with E-state index in [1.807, 2.05) is 0 Å². The van der Waals surface area contributed by atoms with Crippen LogP contribution < -0.4 is 10.6 Å². The first-order valence-corrected chi connectivity index (χ1v) is 6.46. The predicted octanol–water partition coefficient (Wildman–Crippen LogP) is 1.14. The van der Waals surface area contributed by atoms with Crippen molar-refractivity contribution in [2.24, 2.45) is 5.92 Å². The normalized spacial score (nSPS) is 33.4. The van der Waals surface area contributed by atoms with Gasteiger partial charge in [0.15, 0.2) is 0 Å². The molecule has 2 saturated heterocycles. The van der Waals surface area contributed by atoms with Gasteiger partial charge in [-0.15, -0.1) is 0 Å². The smallest absolute Gasteiger partial charge is 0.0613 e. The Kier molecular flexibility index (Phi) is 4.42. The minimum atomic E-state index is 0.513. The zero-order chi connectivity index (χ0) is 10.5. The molecule has 15 heavy (non-hydrogen) atoms. The van der Waals surface area contributed by atoms with Gasteiger partial charge in [0, 0.05) is 19.2 Å². The van der Waals surface area contributed by atoms with Crippen molar-refractivity contribution in [3.63, 3.8) is 0 Å². The van der Waals surface area contributed by atoms with Crippen molar-refractivity contribution in [2.75, 3.05) is 26.2 Å². The molecule has 2 fully saturated rings. The summed E-state index contributed by atoms with van der Waals surface area (Å²) in [7, 11) is 0. The first-order chi connectivity index (χ1) is 7.40. The standard InChI is InChI=1S/C12H24N2O/c1-2-12-10(5-8-15-12)9-14-11-3-6-13-7-4-11/h10-14H,2-9H2,1H3. The first kappa shape index (κ1) is 11.4. The average molecular weight is 212 g/mol. The van der Waals surface area contributed by atoms with E-state index in [-0.39, 0.29) is 0 Å². The Morgan fingerprint density at radius 1 is 1.27 bits per heavy atom. The largest absolute Gasteiger partial charge is 0.378 e. The van der Waals surface area contributed by atoms with Gasteiger partial charge in [0.05, 0.1) is 6.10 Å². The summed E-state index contributed by atoms with van der Waals surface area (Å²) in [6.45, 7) is 6.71. The number of ether oxygens (including phenoxy) is 1. The van der Waals surface area contributed by atoms with Gasteiger partial charge in [0.1, 0.15) is 0 Å². The SMILES string of the molecule is CCC1OCCC1CNC1CCNCC1. The van der Waals surface area contributed by atoms with Crippen LogP contribution in [0.1, 0.15) is 32.6 Å². The summed E-state index contributed by atoms with van der Waals surface area (Å²) in [5.74, 6) is 0.755. The average Bonchev–Trinajstić information content (AvgIpc) is 2.75. The molecular formula is C12H24N2O. The molecule has 0 amide bonds. The molecule has 2 atom stereocenters. The molecule has 2 aliphatic heterocycles. The highest BCUT2D eigenvalue weighted by Crippen LogP contribution is 2.22. The van der Waals surface area contributed by atoms with E-state index >= 15 is 0 Å². The van der Waals surface area contributed by atoms with Crippen molar-refractivity contribution < 1.29 is 4.74 Å². The molecule has 0 aromatic carbocycles. The Morgan fingerprint density at radius 2 is 2.07 bits per heavy atom. The molecule has 2 heterocycles. The highest BCUT2D eigenvalue weighted by atomic mass is 16.5. The third-order valence-electron chi connectivity index (χ3n) is 3.76. The van der Waals surface area contributed by atoms with Gasteiger partial charge in [-0.1, -0.05) is 6.92 Å². The summed E-state index contributed by atoms with van der Waals surface area (Å²) >= 11 is 0. The molecule has 0 bridgehead atoms. The van der Waals surface area contributed by atoms with Crippen molar-refractivity contribution in [3.05, 3.63) is 0 Å². The zero-order valence-corrected chi connectivity index (χ0v) is 9.80. The van der Waals surface area contributed by atoms with Crippen LogP contribution in [0.3, 0.4) is 0 Å². The molecule has 0 spiro atoms. The van der Waals surface area contributed by atoms with Gasteiger partial charge in [0.25, 0.3) is 0 Å².